The van der Waals surface area contributed by atoms with Crippen molar-refractivity contribution in [3.8, 4) is 5.75 Å². The lowest BCUT2D eigenvalue weighted by Crippen LogP contribution is -2.41. The van der Waals surface area contributed by atoms with Crippen LogP contribution in [0.15, 0.2) is 42.5 Å². The standard InChI is InChI=1S/C20H26FNO3S/c1-14-6-8-15(9-7-14)19(22-26(23)20(2,3)4)17-12-16(21)10-11-18(17)25-13-24-5/h6-12,19,22H,13H2,1-5H3/t19-,26?/m0/s1/i19D. The van der Waals surface area contributed by atoms with E-state index in [2.05, 4.69) is 4.72 Å². The Kier molecular flexibility index (Phi) is 6.53. The van der Waals surface area contributed by atoms with Crippen LogP contribution in [-0.4, -0.2) is 23.2 Å². The molecule has 2 atom stereocenters. The summed E-state index contributed by atoms with van der Waals surface area (Å²) in [7, 11) is 1.48. The Labute approximate surface area is 159 Å². The summed E-state index contributed by atoms with van der Waals surface area (Å²) in [6.07, 6.45) is 0. The molecule has 2 aromatic rings. The first kappa shape index (κ1) is 19.2. The molecule has 0 aliphatic carbocycles. The SMILES string of the molecule is [2H][C@](N[S+]([O-])C(C)(C)C)(c1ccc(C)cc1)c1cc(F)ccc1OCOC. The number of hydrogen-bond acceptors (Lipinski definition) is 4. The molecule has 0 bridgehead atoms. The third-order valence-electron chi connectivity index (χ3n) is 3.63. The highest BCUT2D eigenvalue weighted by Gasteiger charge is 2.32. The fourth-order valence-corrected chi connectivity index (χ4v) is 2.90. The summed E-state index contributed by atoms with van der Waals surface area (Å²) in [5.74, 6) is -0.228. The third kappa shape index (κ3) is 5.45. The molecule has 6 heteroatoms. The Morgan fingerprint density at radius 1 is 1.23 bits per heavy atom. The van der Waals surface area contributed by atoms with E-state index in [0.717, 1.165) is 5.56 Å². The Balaban J connectivity index is 2.62. The van der Waals surface area contributed by atoms with Crippen molar-refractivity contribution in [2.45, 2.75) is 38.5 Å². The molecule has 0 amide bonds. The molecular weight excluding hydrogens is 353 g/mol. The fraction of sp³-hybridized carbons (Fsp3) is 0.400. The van der Waals surface area contributed by atoms with Gasteiger partial charge in [0.15, 0.2) is 6.79 Å². The number of ether oxygens (including phenoxy) is 2. The van der Waals surface area contributed by atoms with Gasteiger partial charge in [-0.05, 0) is 51.5 Å². The number of nitrogens with one attached hydrogen (secondary N) is 1. The van der Waals surface area contributed by atoms with E-state index in [1.54, 1.807) is 32.9 Å². The normalized spacial score (nSPS) is 15.9. The predicted octanol–water partition coefficient (Wildman–Crippen LogP) is 4.26. The van der Waals surface area contributed by atoms with Gasteiger partial charge in [-0.2, -0.15) is 0 Å². The largest absolute Gasteiger partial charge is 0.598 e. The van der Waals surface area contributed by atoms with Crippen molar-refractivity contribution in [1.29, 1.82) is 0 Å². The van der Waals surface area contributed by atoms with Crippen LogP contribution in [0.5, 0.6) is 5.75 Å². The lowest BCUT2D eigenvalue weighted by molar-refractivity contribution is 0.0502. The molecule has 142 valence electrons. The molecule has 2 aromatic carbocycles. The molecule has 0 saturated carbocycles. The molecule has 0 aliphatic rings. The summed E-state index contributed by atoms with van der Waals surface area (Å²) in [5.41, 5.74) is 1.77. The van der Waals surface area contributed by atoms with Crippen molar-refractivity contribution in [1.82, 2.24) is 4.72 Å². The molecule has 1 N–H and O–H groups in total. The molecule has 26 heavy (non-hydrogen) atoms. The molecule has 4 nitrogen and oxygen atoms in total. The smallest absolute Gasteiger partial charge is 0.188 e. The van der Waals surface area contributed by atoms with Gasteiger partial charge in [-0.1, -0.05) is 29.8 Å². The van der Waals surface area contributed by atoms with Crippen LogP contribution in [-0.2, 0) is 16.1 Å². The molecule has 0 aliphatic heterocycles. The van der Waals surface area contributed by atoms with Crippen molar-refractivity contribution in [2.24, 2.45) is 0 Å². The van der Waals surface area contributed by atoms with Gasteiger partial charge in [-0.3, -0.25) is 0 Å². The number of halogens is 1. The molecule has 0 fully saturated rings. The number of rotatable bonds is 7. The summed E-state index contributed by atoms with van der Waals surface area (Å²) in [6.45, 7) is 7.30. The second-order valence-electron chi connectivity index (χ2n) is 6.92. The van der Waals surface area contributed by atoms with E-state index in [-0.39, 0.29) is 18.1 Å². The van der Waals surface area contributed by atoms with Crippen molar-refractivity contribution >= 4 is 11.4 Å². The zero-order chi connectivity index (χ0) is 20.2. The second-order valence-corrected chi connectivity index (χ2v) is 8.88. The molecule has 1 unspecified atom stereocenters. The van der Waals surface area contributed by atoms with Crippen LogP contribution < -0.4 is 9.46 Å². The van der Waals surface area contributed by atoms with Gasteiger partial charge in [-0.15, -0.1) is 4.72 Å². The van der Waals surface area contributed by atoms with Gasteiger partial charge in [0.2, 0.25) is 0 Å². The van der Waals surface area contributed by atoms with Crippen LogP contribution in [0.1, 0.15) is 44.9 Å². The van der Waals surface area contributed by atoms with Crippen LogP contribution >= 0.6 is 0 Å². The summed E-state index contributed by atoms with van der Waals surface area (Å²) in [5, 5.41) is 0. The van der Waals surface area contributed by atoms with Crippen LogP contribution in [0.4, 0.5) is 4.39 Å². The zero-order valence-electron chi connectivity index (χ0n) is 16.8. The van der Waals surface area contributed by atoms with E-state index in [4.69, 9.17) is 10.8 Å². The number of methoxy groups -OCH3 is 1. The van der Waals surface area contributed by atoms with E-state index < -0.39 is 27.9 Å². The third-order valence-corrected chi connectivity index (χ3v) is 5.14. The predicted molar refractivity (Wildman–Crippen MR) is 103 cm³/mol. The highest BCUT2D eigenvalue weighted by molar-refractivity contribution is 7.90. The number of benzene rings is 2. The van der Waals surface area contributed by atoms with Crippen LogP contribution in [0.25, 0.3) is 0 Å². The maximum absolute atomic E-state index is 14.1. The highest BCUT2D eigenvalue weighted by Crippen LogP contribution is 2.33. The maximum Gasteiger partial charge on any atom is 0.188 e. The topological polar surface area (TPSA) is 53.5 Å². The molecule has 0 radical (unpaired) electrons. The Bertz CT molecular complexity index is 767. The molecule has 0 saturated heterocycles. The zero-order valence-corrected chi connectivity index (χ0v) is 16.6. The average molecular weight is 381 g/mol. The molecule has 2 rings (SSSR count). The molecule has 0 aromatic heterocycles. The van der Waals surface area contributed by atoms with E-state index in [1.165, 1.54) is 25.3 Å². The first-order chi connectivity index (χ1) is 12.6. The van der Waals surface area contributed by atoms with Crippen molar-refractivity contribution in [3.05, 3.63) is 65.0 Å². The molecule has 0 heterocycles. The van der Waals surface area contributed by atoms with Gasteiger partial charge in [-0.25, -0.2) is 4.39 Å². The average Bonchev–Trinajstić information content (AvgIpc) is 2.60. The minimum absolute atomic E-state index is 0.0506. The first-order valence-corrected chi connectivity index (χ1v) is 9.41. The number of hydrogen-bond donors (Lipinski definition) is 1. The van der Waals surface area contributed by atoms with Gasteiger partial charge in [0, 0.05) is 24.0 Å². The van der Waals surface area contributed by atoms with Crippen LogP contribution in [0.2, 0.25) is 0 Å². The van der Waals surface area contributed by atoms with Gasteiger partial charge in [0.25, 0.3) is 0 Å². The van der Waals surface area contributed by atoms with Gasteiger partial charge in [0.1, 0.15) is 22.3 Å². The highest BCUT2D eigenvalue weighted by atomic mass is 32.2. The van der Waals surface area contributed by atoms with E-state index in [1.807, 2.05) is 19.1 Å². The minimum atomic E-state index is -1.68. The van der Waals surface area contributed by atoms with E-state index >= 15 is 0 Å². The second kappa shape index (κ2) is 8.86. The van der Waals surface area contributed by atoms with E-state index in [0.29, 0.717) is 5.56 Å². The summed E-state index contributed by atoms with van der Waals surface area (Å²) < 4.78 is 48.8. The van der Waals surface area contributed by atoms with Crippen molar-refractivity contribution < 1.29 is 19.8 Å². The quantitative estimate of drug-likeness (QED) is 0.576. The summed E-state index contributed by atoms with van der Waals surface area (Å²) in [6, 6.07) is 9.49. The van der Waals surface area contributed by atoms with Crippen LogP contribution in [0, 0.1) is 12.7 Å². The summed E-state index contributed by atoms with van der Waals surface area (Å²) in [4.78, 5) is 0. The van der Waals surface area contributed by atoms with Crippen LogP contribution in [0.3, 0.4) is 0 Å². The van der Waals surface area contributed by atoms with E-state index in [9.17, 15) is 8.94 Å². The Hall–Kier alpha value is -1.60. The lowest BCUT2D eigenvalue weighted by atomic mass is 9.98. The van der Waals surface area contributed by atoms with Gasteiger partial charge >= 0.3 is 0 Å². The lowest BCUT2D eigenvalue weighted by Gasteiger charge is -2.29. The van der Waals surface area contributed by atoms with Crippen molar-refractivity contribution in [3.63, 3.8) is 0 Å². The van der Waals surface area contributed by atoms with Crippen molar-refractivity contribution in [2.75, 3.05) is 13.9 Å². The minimum Gasteiger partial charge on any atom is -0.598 e. The Morgan fingerprint density at radius 2 is 1.88 bits per heavy atom. The molecular formula is C20H26FNO3S. The fourth-order valence-electron chi connectivity index (χ4n) is 2.18. The molecule has 0 spiro atoms. The monoisotopic (exact) mass is 380 g/mol. The van der Waals surface area contributed by atoms with Gasteiger partial charge in [0.05, 0.1) is 1.37 Å². The Morgan fingerprint density at radius 3 is 2.46 bits per heavy atom. The first-order valence-electron chi connectivity index (χ1n) is 8.76. The summed E-state index contributed by atoms with van der Waals surface area (Å²) >= 11 is -1.58. The maximum atomic E-state index is 14.1. The van der Waals surface area contributed by atoms with Gasteiger partial charge < -0.3 is 14.0 Å². The number of aryl methyl sites for hydroxylation is 1.